The molecule has 3 aromatic rings. The number of aromatic amines is 1. The normalized spacial score (nSPS) is 15.2. The van der Waals surface area contributed by atoms with Crippen LogP contribution in [0.4, 0.5) is 0 Å². The van der Waals surface area contributed by atoms with Crippen LogP contribution in [-0.2, 0) is 17.8 Å². The van der Waals surface area contributed by atoms with Crippen LogP contribution in [0.5, 0.6) is 0 Å². The SMILES string of the molecule is CC(SCC(=O)N1CCc2ccccc2C1)c1nc2ccccc2[nH]1. The Labute approximate surface area is 151 Å². The van der Waals surface area contributed by atoms with E-state index in [4.69, 9.17) is 0 Å². The highest BCUT2D eigenvalue weighted by molar-refractivity contribution is 8.00. The van der Waals surface area contributed by atoms with E-state index in [0.717, 1.165) is 36.4 Å². The highest BCUT2D eigenvalue weighted by Crippen LogP contribution is 2.28. The first-order valence-electron chi connectivity index (χ1n) is 8.61. The van der Waals surface area contributed by atoms with Crippen LogP contribution in [-0.4, -0.2) is 33.1 Å². The molecule has 25 heavy (non-hydrogen) atoms. The lowest BCUT2D eigenvalue weighted by atomic mass is 10.00. The molecule has 0 spiro atoms. The van der Waals surface area contributed by atoms with Gasteiger partial charge in [-0.25, -0.2) is 4.98 Å². The Bertz CT molecular complexity index is 872. The van der Waals surface area contributed by atoms with Gasteiger partial charge in [-0.1, -0.05) is 36.4 Å². The van der Waals surface area contributed by atoms with Gasteiger partial charge >= 0.3 is 0 Å². The van der Waals surface area contributed by atoms with E-state index in [9.17, 15) is 4.79 Å². The number of rotatable bonds is 4. The molecular weight excluding hydrogens is 330 g/mol. The topological polar surface area (TPSA) is 49.0 Å². The Morgan fingerprint density at radius 3 is 2.80 bits per heavy atom. The summed E-state index contributed by atoms with van der Waals surface area (Å²) in [5.74, 6) is 1.63. The van der Waals surface area contributed by atoms with Gasteiger partial charge in [-0.3, -0.25) is 4.79 Å². The van der Waals surface area contributed by atoms with Crippen molar-refractivity contribution >= 4 is 28.7 Å². The van der Waals surface area contributed by atoms with Crippen molar-refractivity contribution in [3.63, 3.8) is 0 Å². The second-order valence-corrected chi connectivity index (χ2v) is 7.76. The molecule has 4 nitrogen and oxygen atoms in total. The van der Waals surface area contributed by atoms with Crippen molar-refractivity contribution in [2.75, 3.05) is 12.3 Å². The molecule has 4 rings (SSSR count). The molecule has 1 aromatic heterocycles. The van der Waals surface area contributed by atoms with E-state index in [0.29, 0.717) is 5.75 Å². The molecule has 5 heteroatoms. The Kier molecular flexibility index (Phi) is 4.49. The molecule has 0 saturated heterocycles. The molecule has 1 aliphatic heterocycles. The maximum Gasteiger partial charge on any atom is 0.232 e. The standard InChI is InChI=1S/C20H21N3OS/c1-14(20-21-17-8-4-5-9-18(17)22-20)25-13-19(24)23-11-10-15-6-2-3-7-16(15)12-23/h2-9,14H,10-13H2,1H3,(H,21,22). The Balaban J connectivity index is 1.37. The van der Waals surface area contributed by atoms with Crippen molar-refractivity contribution in [1.29, 1.82) is 0 Å². The van der Waals surface area contributed by atoms with Gasteiger partial charge in [0.1, 0.15) is 5.82 Å². The third-order valence-corrected chi connectivity index (χ3v) is 5.87. The molecular formula is C20H21N3OS. The van der Waals surface area contributed by atoms with E-state index in [1.807, 2.05) is 35.2 Å². The molecule has 0 aliphatic carbocycles. The van der Waals surface area contributed by atoms with Gasteiger partial charge in [-0.15, -0.1) is 11.8 Å². The summed E-state index contributed by atoms with van der Waals surface area (Å²) in [4.78, 5) is 22.5. The van der Waals surface area contributed by atoms with Crippen molar-refractivity contribution in [2.45, 2.75) is 25.1 Å². The van der Waals surface area contributed by atoms with Gasteiger partial charge in [0.15, 0.2) is 0 Å². The van der Waals surface area contributed by atoms with E-state index in [1.54, 1.807) is 11.8 Å². The number of hydrogen-bond donors (Lipinski definition) is 1. The van der Waals surface area contributed by atoms with E-state index in [-0.39, 0.29) is 11.2 Å². The zero-order chi connectivity index (χ0) is 17.2. The first-order valence-corrected chi connectivity index (χ1v) is 9.66. The highest BCUT2D eigenvalue weighted by atomic mass is 32.2. The lowest BCUT2D eigenvalue weighted by Gasteiger charge is -2.29. The van der Waals surface area contributed by atoms with Gasteiger partial charge in [0.25, 0.3) is 0 Å². The van der Waals surface area contributed by atoms with Crippen molar-refractivity contribution in [1.82, 2.24) is 14.9 Å². The van der Waals surface area contributed by atoms with Gasteiger partial charge < -0.3 is 9.88 Å². The number of carbonyl (C=O) groups excluding carboxylic acids is 1. The third kappa shape index (κ3) is 3.42. The van der Waals surface area contributed by atoms with E-state index in [2.05, 4.69) is 35.1 Å². The summed E-state index contributed by atoms with van der Waals surface area (Å²) in [7, 11) is 0. The number of carbonyl (C=O) groups is 1. The van der Waals surface area contributed by atoms with E-state index >= 15 is 0 Å². The predicted molar refractivity (Wildman–Crippen MR) is 103 cm³/mol. The van der Waals surface area contributed by atoms with Crippen LogP contribution >= 0.6 is 11.8 Å². The van der Waals surface area contributed by atoms with Gasteiger partial charge in [0, 0.05) is 13.1 Å². The van der Waals surface area contributed by atoms with Crippen LogP contribution in [0.15, 0.2) is 48.5 Å². The zero-order valence-electron chi connectivity index (χ0n) is 14.2. The van der Waals surface area contributed by atoms with Crippen LogP contribution in [0.2, 0.25) is 0 Å². The summed E-state index contributed by atoms with van der Waals surface area (Å²) in [6.07, 6.45) is 0.950. The third-order valence-electron chi connectivity index (χ3n) is 4.73. The summed E-state index contributed by atoms with van der Waals surface area (Å²) in [5, 5.41) is 0.161. The average Bonchev–Trinajstić information content (AvgIpc) is 3.09. The molecule has 0 saturated carbocycles. The molecule has 1 N–H and O–H groups in total. The van der Waals surface area contributed by atoms with Gasteiger partial charge in [0.2, 0.25) is 5.91 Å². The number of imidazole rings is 1. The van der Waals surface area contributed by atoms with Crippen LogP contribution in [0.1, 0.15) is 29.1 Å². The van der Waals surface area contributed by atoms with Crippen molar-refractivity contribution in [2.24, 2.45) is 0 Å². The molecule has 0 fully saturated rings. The number of nitrogens with zero attached hydrogens (tertiary/aromatic N) is 2. The predicted octanol–water partition coefficient (Wildman–Crippen LogP) is 3.94. The zero-order valence-corrected chi connectivity index (χ0v) is 15.1. The minimum atomic E-state index is 0.161. The number of fused-ring (bicyclic) bond motifs is 2. The molecule has 128 valence electrons. The summed E-state index contributed by atoms with van der Waals surface area (Å²) in [6.45, 7) is 3.64. The quantitative estimate of drug-likeness (QED) is 0.774. The summed E-state index contributed by atoms with van der Waals surface area (Å²) in [5.41, 5.74) is 4.67. The molecule has 0 radical (unpaired) electrons. The molecule has 2 heterocycles. The number of thioether (sulfide) groups is 1. The molecule has 0 bridgehead atoms. The number of para-hydroxylation sites is 2. The fourth-order valence-electron chi connectivity index (χ4n) is 3.24. The summed E-state index contributed by atoms with van der Waals surface area (Å²) >= 11 is 1.64. The molecule has 1 unspecified atom stereocenters. The lowest BCUT2D eigenvalue weighted by Crippen LogP contribution is -2.37. The van der Waals surface area contributed by atoms with Crippen LogP contribution in [0.3, 0.4) is 0 Å². The number of H-pyrrole nitrogens is 1. The van der Waals surface area contributed by atoms with E-state index < -0.39 is 0 Å². The monoisotopic (exact) mass is 351 g/mol. The first-order chi connectivity index (χ1) is 12.2. The van der Waals surface area contributed by atoms with E-state index in [1.165, 1.54) is 11.1 Å². The highest BCUT2D eigenvalue weighted by Gasteiger charge is 2.21. The van der Waals surface area contributed by atoms with Crippen molar-refractivity contribution in [3.05, 3.63) is 65.5 Å². The first kappa shape index (κ1) is 16.2. The Hall–Kier alpha value is -2.27. The largest absolute Gasteiger partial charge is 0.341 e. The number of benzene rings is 2. The minimum absolute atomic E-state index is 0.161. The second-order valence-electron chi connectivity index (χ2n) is 6.43. The fourth-order valence-corrected chi connectivity index (χ4v) is 4.08. The molecule has 1 amide bonds. The van der Waals surface area contributed by atoms with Crippen LogP contribution < -0.4 is 0 Å². The molecule has 1 atom stereocenters. The summed E-state index contributed by atoms with van der Waals surface area (Å²) < 4.78 is 0. The van der Waals surface area contributed by atoms with Crippen molar-refractivity contribution < 1.29 is 4.79 Å². The Morgan fingerprint density at radius 2 is 1.96 bits per heavy atom. The minimum Gasteiger partial charge on any atom is -0.341 e. The fraction of sp³-hybridized carbons (Fsp3) is 0.300. The maximum atomic E-state index is 12.6. The Morgan fingerprint density at radius 1 is 1.20 bits per heavy atom. The second kappa shape index (κ2) is 6.92. The lowest BCUT2D eigenvalue weighted by molar-refractivity contribution is -0.129. The number of hydrogen-bond acceptors (Lipinski definition) is 3. The molecule has 1 aliphatic rings. The number of nitrogens with one attached hydrogen (secondary N) is 1. The number of amides is 1. The van der Waals surface area contributed by atoms with Gasteiger partial charge in [-0.2, -0.15) is 0 Å². The summed E-state index contributed by atoms with van der Waals surface area (Å²) in [6, 6.07) is 16.4. The van der Waals surface area contributed by atoms with Gasteiger partial charge in [0.05, 0.1) is 22.0 Å². The smallest absolute Gasteiger partial charge is 0.232 e. The van der Waals surface area contributed by atoms with Crippen molar-refractivity contribution in [3.8, 4) is 0 Å². The molecule has 2 aromatic carbocycles. The van der Waals surface area contributed by atoms with Gasteiger partial charge in [-0.05, 0) is 36.6 Å². The maximum absolute atomic E-state index is 12.6. The van der Waals surface area contributed by atoms with Crippen LogP contribution in [0.25, 0.3) is 11.0 Å². The number of aromatic nitrogens is 2. The van der Waals surface area contributed by atoms with Crippen LogP contribution in [0, 0.1) is 0 Å². The average molecular weight is 351 g/mol.